The van der Waals surface area contributed by atoms with Gasteiger partial charge in [0, 0.05) is 6.54 Å². The van der Waals surface area contributed by atoms with Gasteiger partial charge in [-0.1, -0.05) is 0 Å². The van der Waals surface area contributed by atoms with Crippen molar-refractivity contribution in [1.29, 1.82) is 0 Å². The molecule has 0 saturated carbocycles. The fraction of sp³-hybridized carbons (Fsp3) is 0.444. The predicted octanol–water partition coefficient (Wildman–Crippen LogP) is 1.03. The second kappa shape index (κ2) is 6.04. The Morgan fingerprint density at radius 3 is 3.00 bits per heavy atom. The van der Waals surface area contributed by atoms with Crippen molar-refractivity contribution >= 4 is 6.09 Å². The first-order valence-electron chi connectivity index (χ1n) is 4.49. The highest BCUT2D eigenvalue weighted by atomic mass is 16.4. The van der Waals surface area contributed by atoms with Gasteiger partial charge in [0.05, 0.1) is 12.8 Å². The van der Waals surface area contributed by atoms with E-state index < -0.39 is 6.09 Å². The van der Waals surface area contributed by atoms with Gasteiger partial charge in [0.25, 0.3) is 0 Å². The molecule has 1 aromatic heterocycles. The molecule has 1 rings (SSSR count). The van der Waals surface area contributed by atoms with E-state index in [0.29, 0.717) is 13.1 Å². The Morgan fingerprint density at radius 2 is 2.36 bits per heavy atom. The van der Waals surface area contributed by atoms with Gasteiger partial charge in [-0.25, -0.2) is 4.79 Å². The third-order valence-corrected chi connectivity index (χ3v) is 1.69. The fourth-order valence-corrected chi connectivity index (χ4v) is 1.03. The summed E-state index contributed by atoms with van der Waals surface area (Å²) in [5, 5.41) is 13.7. The van der Waals surface area contributed by atoms with Crippen molar-refractivity contribution in [2.45, 2.75) is 13.0 Å². The smallest absolute Gasteiger partial charge is 0.404 e. The van der Waals surface area contributed by atoms with Crippen LogP contribution in [0.1, 0.15) is 12.2 Å². The second-order valence-electron chi connectivity index (χ2n) is 2.84. The summed E-state index contributed by atoms with van der Waals surface area (Å²) in [6.07, 6.45) is 1.42. The molecule has 1 aromatic rings. The molecule has 5 nitrogen and oxygen atoms in total. The number of hydrogen-bond donors (Lipinski definition) is 3. The van der Waals surface area contributed by atoms with E-state index in [2.05, 4.69) is 10.6 Å². The van der Waals surface area contributed by atoms with E-state index in [1.807, 2.05) is 12.1 Å². The molecule has 0 bridgehead atoms. The van der Waals surface area contributed by atoms with Crippen molar-refractivity contribution in [2.75, 3.05) is 13.1 Å². The Morgan fingerprint density at radius 1 is 1.50 bits per heavy atom. The maximum atomic E-state index is 10.1. The minimum absolute atomic E-state index is 0.473. The van der Waals surface area contributed by atoms with Crippen LogP contribution in [0.2, 0.25) is 0 Å². The van der Waals surface area contributed by atoms with E-state index in [9.17, 15) is 4.79 Å². The molecule has 1 heterocycles. The van der Waals surface area contributed by atoms with Crippen molar-refractivity contribution in [3.8, 4) is 0 Å². The third-order valence-electron chi connectivity index (χ3n) is 1.69. The standard InChI is InChI=1S/C9H14N2O3/c12-9(13)11-5-2-4-10-7-8-3-1-6-14-8/h1,3,6,10-11H,2,4-5,7H2,(H,12,13). The molecule has 0 aliphatic carbocycles. The summed E-state index contributed by atoms with van der Waals surface area (Å²) >= 11 is 0. The molecule has 0 aliphatic heterocycles. The first-order valence-corrected chi connectivity index (χ1v) is 4.49. The van der Waals surface area contributed by atoms with Gasteiger partial charge in [0.1, 0.15) is 5.76 Å². The minimum Gasteiger partial charge on any atom is -0.468 e. The summed E-state index contributed by atoms with van der Waals surface area (Å²) in [6.45, 7) is 1.92. The van der Waals surface area contributed by atoms with E-state index in [-0.39, 0.29) is 0 Å². The molecule has 14 heavy (non-hydrogen) atoms. The van der Waals surface area contributed by atoms with Crippen LogP contribution in [0.15, 0.2) is 22.8 Å². The van der Waals surface area contributed by atoms with Crippen molar-refractivity contribution in [3.63, 3.8) is 0 Å². The van der Waals surface area contributed by atoms with Crippen molar-refractivity contribution in [3.05, 3.63) is 24.2 Å². The number of rotatable bonds is 6. The van der Waals surface area contributed by atoms with Crippen LogP contribution in [0.3, 0.4) is 0 Å². The topological polar surface area (TPSA) is 74.5 Å². The first kappa shape index (κ1) is 10.6. The number of hydrogen-bond acceptors (Lipinski definition) is 3. The largest absolute Gasteiger partial charge is 0.468 e. The average molecular weight is 198 g/mol. The molecule has 0 aliphatic rings. The molecule has 0 radical (unpaired) electrons. The Kier molecular flexibility index (Phi) is 4.57. The van der Waals surface area contributed by atoms with Crippen LogP contribution in [0, 0.1) is 0 Å². The number of nitrogens with one attached hydrogen (secondary N) is 2. The predicted molar refractivity (Wildman–Crippen MR) is 51.1 cm³/mol. The lowest BCUT2D eigenvalue weighted by molar-refractivity contribution is 0.194. The van der Waals surface area contributed by atoms with Gasteiger partial charge in [-0.05, 0) is 25.1 Å². The van der Waals surface area contributed by atoms with Crippen LogP contribution in [0.25, 0.3) is 0 Å². The zero-order chi connectivity index (χ0) is 10.2. The van der Waals surface area contributed by atoms with Gasteiger partial charge in [-0.15, -0.1) is 0 Å². The Balaban J connectivity index is 1.92. The van der Waals surface area contributed by atoms with E-state index in [0.717, 1.165) is 18.7 Å². The average Bonchev–Trinajstić information content (AvgIpc) is 2.63. The molecule has 0 atom stereocenters. The van der Waals surface area contributed by atoms with Crippen LogP contribution in [-0.4, -0.2) is 24.3 Å². The van der Waals surface area contributed by atoms with Gasteiger partial charge >= 0.3 is 6.09 Å². The zero-order valence-corrected chi connectivity index (χ0v) is 7.82. The van der Waals surface area contributed by atoms with Crippen LogP contribution in [0.5, 0.6) is 0 Å². The SMILES string of the molecule is O=C(O)NCCCNCc1ccco1. The normalized spacial score (nSPS) is 10.0. The van der Waals surface area contributed by atoms with E-state index in [1.165, 1.54) is 0 Å². The van der Waals surface area contributed by atoms with Gasteiger partial charge in [0.2, 0.25) is 0 Å². The lowest BCUT2D eigenvalue weighted by Gasteiger charge is -2.02. The molecule has 3 N–H and O–H groups in total. The molecular formula is C9H14N2O3. The second-order valence-corrected chi connectivity index (χ2v) is 2.84. The highest BCUT2D eigenvalue weighted by Crippen LogP contribution is 1.97. The molecule has 0 saturated heterocycles. The van der Waals surface area contributed by atoms with E-state index >= 15 is 0 Å². The highest BCUT2D eigenvalue weighted by Gasteiger charge is 1.95. The van der Waals surface area contributed by atoms with Gasteiger partial charge in [0.15, 0.2) is 0 Å². The molecule has 78 valence electrons. The highest BCUT2D eigenvalue weighted by molar-refractivity contribution is 5.64. The van der Waals surface area contributed by atoms with Gasteiger partial charge in [-0.2, -0.15) is 0 Å². The summed E-state index contributed by atoms with van der Waals surface area (Å²) in [4.78, 5) is 10.1. The molecule has 1 amide bonds. The number of amides is 1. The number of carbonyl (C=O) groups is 1. The van der Waals surface area contributed by atoms with Crippen LogP contribution < -0.4 is 10.6 Å². The Labute approximate surface area is 82.1 Å². The van der Waals surface area contributed by atoms with E-state index in [1.54, 1.807) is 6.26 Å². The van der Waals surface area contributed by atoms with Crippen molar-refractivity contribution in [2.24, 2.45) is 0 Å². The maximum Gasteiger partial charge on any atom is 0.404 e. The molecule has 0 fully saturated rings. The van der Waals surface area contributed by atoms with Crippen LogP contribution in [-0.2, 0) is 6.54 Å². The van der Waals surface area contributed by atoms with Gasteiger partial charge in [-0.3, -0.25) is 0 Å². The zero-order valence-electron chi connectivity index (χ0n) is 7.82. The first-order chi connectivity index (χ1) is 6.79. The van der Waals surface area contributed by atoms with Gasteiger partial charge < -0.3 is 20.2 Å². The third kappa shape index (κ3) is 4.51. The lowest BCUT2D eigenvalue weighted by atomic mass is 10.4. The van der Waals surface area contributed by atoms with E-state index in [4.69, 9.17) is 9.52 Å². The summed E-state index contributed by atoms with van der Waals surface area (Å²) in [6, 6.07) is 3.73. The minimum atomic E-state index is -0.976. The molecule has 0 aromatic carbocycles. The number of furan rings is 1. The number of carboxylic acid groups (broad SMARTS) is 1. The maximum absolute atomic E-state index is 10.1. The van der Waals surface area contributed by atoms with Crippen molar-refractivity contribution in [1.82, 2.24) is 10.6 Å². The summed E-state index contributed by atoms with van der Waals surface area (Å²) < 4.78 is 5.11. The molecule has 5 heteroatoms. The van der Waals surface area contributed by atoms with Crippen LogP contribution >= 0.6 is 0 Å². The molecular weight excluding hydrogens is 184 g/mol. The monoisotopic (exact) mass is 198 g/mol. The Hall–Kier alpha value is -1.49. The summed E-state index contributed by atoms with van der Waals surface area (Å²) in [5.74, 6) is 0.885. The van der Waals surface area contributed by atoms with Crippen LogP contribution in [0.4, 0.5) is 4.79 Å². The molecule has 0 unspecified atom stereocenters. The molecule has 0 spiro atoms. The lowest BCUT2D eigenvalue weighted by Crippen LogP contribution is -2.25. The van der Waals surface area contributed by atoms with Crippen molar-refractivity contribution < 1.29 is 14.3 Å². The quantitative estimate of drug-likeness (QED) is 0.597. The Bertz CT molecular complexity index is 259. The fourth-order valence-electron chi connectivity index (χ4n) is 1.03. The summed E-state index contributed by atoms with van der Waals surface area (Å²) in [5.41, 5.74) is 0. The summed E-state index contributed by atoms with van der Waals surface area (Å²) in [7, 11) is 0.